The molecule has 0 fully saturated rings. The number of carbonyl (C=O) groups excluding carboxylic acids is 2. The molecule has 0 radical (unpaired) electrons. The Morgan fingerprint density at radius 2 is 1.40 bits per heavy atom. The Balaban J connectivity index is 1.29. The number of nitrogens with zero attached hydrogens (tertiary/aromatic N) is 1. The average molecular weight is 596 g/mol. The van der Waals surface area contributed by atoms with Gasteiger partial charge in [-0.1, -0.05) is 78.9 Å². The zero-order valence-corrected chi connectivity index (χ0v) is 25.7. The van der Waals surface area contributed by atoms with Gasteiger partial charge in [0.1, 0.15) is 12.6 Å². The van der Waals surface area contributed by atoms with Gasteiger partial charge in [-0.05, 0) is 72.9 Å². The minimum Gasteiger partial charge on any atom is -0.449 e. The van der Waals surface area contributed by atoms with Gasteiger partial charge in [0.2, 0.25) is 5.91 Å². The van der Waals surface area contributed by atoms with Crippen LogP contribution in [0.1, 0.15) is 43.4 Å². The molecule has 0 aromatic heterocycles. The Hall–Kier alpha value is -4.43. The summed E-state index contributed by atoms with van der Waals surface area (Å²) in [5, 5.41) is 5.67. The number of rotatable bonds is 8. The van der Waals surface area contributed by atoms with Crippen molar-refractivity contribution in [2.45, 2.75) is 49.6 Å². The lowest BCUT2D eigenvalue weighted by Crippen LogP contribution is -2.45. The number of fused-ring (bicyclic) bond motifs is 3. The van der Waals surface area contributed by atoms with E-state index in [-0.39, 0.29) is 24.9 Å². The maximum Gasteiger partial charge on any atom is 0.407 e. The van der Waals surface area contributed by atoms with Gasteiger partial charge < -0.3 is 15.4 Å². The summed E-state index contributed by atoms with van der Waals surface area (Å²) in [5.41, 5.74) is 5.48. The molecule has 2 amide bonds. The second kappa shape index (κ2) is 12.4. The fraction of sp³-hybridized carbons (Fsp3) is 0.257. The van der Waals surface area contributed by atoms with Crippen LogP contribution in [0.15, 0.2) is 112 Å². The number of benzene rings is 4. The zero-order valence-electron chi connectivity index (χ0n) is 24.9. The summed E-state index contributed by atoms with van der Waals surface area (Å²) < 4.78 is 23.3. The van der Waals surface area contributed by atoms with Gasteiger partial charge >= 0.3 is 6.09 Å². The summed E-state index contributed by atoms with van der Waals surface area (Å²) in [6.45, 7) is 5.86. The Morgan fingerprint density at radius 1 is 0.837 bits per heavy atom. The molecule has 43 heavy (non-hydrogen) atoms. The van der Waals surface area contributed by atoms with Crippen LogP contribution in [0, 0.1) is 0 Å². The largest absolute Gasteiger partial charge is 0.449 e. The fourth-order valence-electron chi connectivity index (χ4n) is 5.44. The first-order chi connectivity index (χ1) is 20.5. The van der Waals surface area contributed by atoms with Crippen molar-refractivity contribution in [3.05, 3.63) is 120 Å². The van der Waals surface area contributed by atoms with Gasteiger partial charge in [0, 0.05) is 29.2 Å². The van der Waals surface area contributed by atoms with Gasteiger partial charge in [-0.25, -0.2) is 13.4 Å². The van der Waals surface area contributed by atoms with Crippen molar-refractivity contribution in [2.24, 2.45) is 4.36 Å². The molecular formula is C35H37N3O4S. The van der Waals surface area contributed by atoms with Crippen molar-refractivity contribution in [1.29, 1.82) is 0 Å². The first-order valence-corrected chi connectivity index (χ1v) is 16.2. The summed E-state index contributed by atoms with van der Waals surface area (Å²) in [5.74, 6) is -0.473. The van der Waals surface area contributed by atoms with Crippen LogP contribution < -0.4 is 10.6 Å². The average Bonchev–Trinajstić information content (AvgIpc) is 3.29. The smallest absolute Gasteiger partial charge is 0.407 e. The number of anilines is 1. The molecule has 2 atom stereocenters. The number of amides is 2. The number of alkyl carbamates (subject to hydrolysis) is 1. The third-order valence-corrected chi connectivity index (χ3v) is 9.29. The molecule has 0 heterocycles. The zero-order chi connectivity index (χ0) is 30.6. The summed E-state index contributed by atoms with van der Waals surface area (Å²) >= 11 is 0. The number of carbonyl (C=O) groups is 2. The SMILES string of the molecule is CC(C)(C)N=S(C)(=O)c1ccc(NC(=O)[C@H](Cc2ccccc2)NC(=O)OCC2c3ccccc3-c3ccccc32)cc1. The Kier molecular flexibility index (Phi) is 8.69. The molecule has 4 aromatic rings. The van der Waals surface area contributed by atoms with E-state index < -0.39 is 27.4 Å². The highest BCUT2D eigenvalue weighted by atomic mass is 32.2. The van der Waals surface area contributed by atoms with Crippen LogP contribution >= 0.6 is 0 Å². The Morgan fingerprint density at radius 3 is 1.98 bits per heavy atom. The molecule has 1 aliphatic carbocycles. The minimum atomic E-state index is -2.60. The number of nitrogens with one attached hydrogen (secondary N) is 2. The molecule has 0 bridgehead atoms. The summed E-state index contributed by atoms with van der Waals surface area (Å²) in [6.07, 6.45) is 1.23. The van der Waals surface area contributed by atoms with Gasteiger partial charge in [-0.3, -0.25) is 4.79 Å². The molecule has 7 nitrogen and oxygen atoms in total. The van der Waals surface area contributed by atoms with Crippen molar-refractivity contribution in [3.63, 3.8) is 0 Å². The first kappa shape index (κ1) is 30.0. The van der Waals surface area contributed by atoms with Gasteiger partial charge in [0.05, 0.1) is 15.3 Å². The summed E-state index contributed by atoms with van der Waals surface area (Å²) in [6, 6.07) is 31.7. The van der Waals surface area contributed by atoms with Crippen LogP contribution in [-0.4, -0.2) is 40.7 Å². The Labute approximate surface area is 253 Å². The first-order valence-electron chi connectivity index (χ1n) is 14.3. The molecule has 2 N–H and O–H groups in total. The molecule has 5 rings (SSSR count). The van der Waals surface area contributed by atoms with E-state index in [1.165, 1.54) is 0 Å². The highest BCUT2D eigenvalue weighted by molar-refractivity contribution is 7.93. The molecule has 4 aromatic carbocycles. The van der Waals surface area contributed by atoms with E-state index in [1.54, 1.807) is 30.5 Å². The lowest BCUT2D eigenvalue weighted by molar-refractivity contribution is -0.118. The quantitative estimate of drug-likeness (QED) is 0.229. The van der Waals surface area contributed by atoms with Crippen LogP contribution in [0.25, 0.3) is 11.1 Å². The lowest BCUT2D eigenvalue weighted by Gasteiger charge is -2.20. The van der Waals surface area contributed by atoms with Crippen molar-refractivity contribution in [1.82, 2.24) is 5.32 Å². The molecule has 1 unspecified atom stereocenters. The van der Waals surface area contributed by atoms with Gasteiger partial charge in [0.15, 0.2) is 0 Å². The molecule has 1 aliphatic rings. The van der Waals surface area contributed by atoms with E-state index in [1.807, 2.05) is 75.4 Å². The minimum absolute atomic E-state index is 0.0862. The van der Waals surface area contributed by atoms with Crippen LogP contribution in [0.5, 0.6) is 0 Å². The highest BCUT2D eigenvalue weighted by Crippen LogP contribution is 2.44. The van der Waals surface area contributed by atoms with Crippen molar-refractivity contribution in [2.75, 3.05) is 18.2 Å². The predicted molar refractivity (Wildman–Crippen MR) is 172 cm³/mol. The van der Waals surface area contributed by atoms with Crippen molar-refractivity contribution in [3.8, 4) is 11.1 Å². The van der Waals surface area contributed by atoms with Gasteiger partial charge in [-0.15, -0.1) is 0 Å². The van der Waals surface area contributed by atoms with Crippen LogP contribution in [-0.2, 0) is 25.7 Å². The standard InChI is InChI=1S/C35H37N3O4S/c1-35(2,3)38-43(4,41)26-20-18-25(19-21-26)36-33(39)32(22-24-12-6-5-7-13-24)37-34(40)42-23-31-29-16-10-8-14-27(29)28-15-9-11-17-30(28)31/h5-21,31-32H,22-23H2,1-4H3,(H,36,39)(H,37,40)/t32-,43?/m0/s1. The number of ether oxygens (including phenoxy) is 1. The van der Waals surface area contributed by atoms with E-state index in [2.05, 4.69) is 39.3 Å². The normalized spacial score (nSPS) is 14.5. The maximum absolute atomic E-state index is 13.5. The third kappa shape index (κ3) is 7.32. The van der Waals surface area contributed by atoms with Crippen LogP contribution in [0.4, 0.5) is 10.5 Å². The topological polar surface area (TPSA) is 96.9 Å². The molecular weight excluding hydrogens is 558 g/mol. The molecule has 0 aliphatic heterocycles. The summed E-state index contributed by atoms with van der Waals surface area (Å²) in [4.78, 5) is 27.1. The molecule has 0 spiro atoms. The van der Waals surface area contributed by atoms with E-state index in [0.29, 0.717) is 10.6 Å². The van der Waals surface area contributed by atoms with E-state index in [4.69, 9.17) is 4.74 Å². The number of hydrogen-bond donors (Lipinski definition) is 2. The van der Waals surface area contributed by atoms with Crippen molar-refractivity contribution < 1.29 is 18.5 Å². The predicted octanol–water partition coefficient (Wildman–Crippen LogP) is 7.03. The maximum atomic E-state index is 13.5. The van der Waals surface area contributed by atoms with Gasteiger partial charge in [0.25, 0.3) is 0 Å². The van der Waals surface area contributed by atoms with Crippen molar-refractivity contribution >= 4 is 27.4 Å². The molecule has 0 saturated carbocycles. The van der Waals surface area contributed by atoms with E-state index in [9.17, 15) is 13.8 Å². The molecule has 0 saturated heterocycles. The van der Waals surface area contributed by atoms with Crippen LogP contribution in [0.3, 0.4) is 0 Å². The second-order valence-corrected chi connectivity index (χ2v) is 14.0. The number of hydrogen-bond acceptors (Lipinski definition) is 5. The summed E-state index contributed by atoms with van der Waals surface area (Å²) in [7, 11) is -2.60. The third-order valence-electron chi connectivity index (χ3n) is 7.24. The van der Waals surface area contributed by atoms with Crippen LogP contribution in [0.2, 0.25) is 0 Å². The molecule has 8 heteroatoms. The highest BCUT2D eigenvalue weighted by Gasteiger charge is 2.30. The monoisotopic (exact) mass is 595 g/mol. The lowest BCUT2D eigenvalue weighted by atomic mass is 9.98. The Bertz CT molecular complexity index is 1690. The van der Waals surface area contributed by atoms with E-state index in [0.717, 1.165) is 27.8 Å². The second-order valence-electron chi connectivity index (χ2n) is 11.8. The fourth-order valence-corrected chi connectivity index (χ4v) is 7.23. The van der Waals surface area contributed by atoms with Gasteiger partial charge in [-0.2, -0.15) is 0 Å². The van der Waals surface area contributed by atoms with E-state index >= 15 is 0 Å². The molecule has 222 valence electrons.